The molecule has 0 amide bonds. The van der Waals surface area contributed by atoms with Crippen molar-refractivity contribution < 1.29 is 4.74 Å². The SMILES string of the molecule is CCNC(=NCCc1cccs1)NCCc1ccccc1OC. The zero-order chi connectivity index (χ0) is 16.3. The Morgan fingerprint density at radius 3 is 2.74 bits per heavy atom. The van der Waals surface area contributed by atoms with Crippen molar-refractivity contribution in [2.75, 3.05) is 26.7 Å². The van der Waals surface area contributed by atoms with Crippen molar-refractivity contribution in [1.82, 2.24) is 10.6 Å². The van der Waals surface area contributed by atoms with Gasteiger partial charge in [0.05, 0.1) is 7.11 Å². The predicted molar refractivity (Wildman–Crippen MR) is 98.7 cm³/mol. The van der Waals surface area contributed by atoms with Gasteiger partial charge in [-0.15, -0.1) is 11.3 Å². The Hall–Kier alpha value is -2.01. The standard InChI is InChI=1S/C18H25N3OS/c1-3-19-18(21-13-11-16-8-6-14-23-16)20-12-10-15-7-4-5-9-17(15)22-2/h4-9,14H,3,10-13H2,1-2H3,(H2,19,20,21). The summed E-state index contributed by atoms with van der Waals surface area (Å²) < 4.78 is 5.38. The summed E-state index contributed by atoms with van der Waals surface area (Å²) in [6.07, 6.45) is 1.89. The maximum atomic E-state index is 5.38. The summed E-state index contributed by atoms with van der Waals surface area (Å²) in [4.78, 5) is 6.01. The van der Waals surface area contributed by atoms with E-state index in [-0.39, 0.29) is 0 Å². The highest BCUT2D eigenvalue weighted by atomic mass is 32.1. The lowest BCUT2D eigenvalue weighted by Gasteiger charge is -2.12. The molecule has 0 saturated carbocycles. The van der Waals surface area contributed by atoms with Crippen LogP contribution in [0.15, 0.2) is 46.8 Å². The molecule has 0 saturated heterocycles. The Bertz CT molecular complexity index is 596. The van der Waals surface area contributed by atoms with Crippen LogP contribution < -0.4 is 15.4 Å². The first-order chi connectivity index (χ1) is 11.3. The van der Waals surface area contributed by atoms with Crippen LogP contribution in [0.25, 0.3) is 0 Å². The van der Waals surface area contributed by atoms with E-state index in [0.717, 1.165) is 44.2 Å². The summed E-state index contributed by atoms with van der Waals surface area (Å²) in [6, 6.07) is 12.4. The minimum Gasteiger partial charge on any atom is -0.496 e. The van der Waals surface area contributed by atoms with E-state index >= 15 is 0 Å². The van der Waals surface area contributed by atoms with Gasteiger partial charge in [0, 0.05) is 30.9 Å². The van der Waals surface area contributed by atoms with E-state index in [2.05, 4.69) is 46.1 Å². The fraction of sp³-hybridized carbons (Fsp3) is 0.389. The van der Waals surface area contributed by atoms with E-state index in [9.17, 15) is 0 Å². The quantitative estimate of drug-likeness (QED) is 0.577. The minimum atomic E-state index is 0.796. The second-order valence-corrected chi connectivity index (χ2v) is 6.11. The van der Waals surface area contributed by atoms with Gasteiger partial charge in [-0.3, -0.25) is 4.99 Å². The molecular weight excluding hydrogens is 306 g/mol. The molecule has 0 unspecified atom stereocenters. The molecule has 2 rings (SSSR count). The van der Waals surface area contributed by atoms with Crippen LogP contribution in [0.5, 0.6) is 5.75 Å². The third kappa shape index (κ3) is 5.94. The monoisotopic (exact) mass is 331 g/mol. The number of guanidine groups is 1. The summed E-state index contributed by atoms with van der Waals surface area (Å²) in [5, 5.41) is 8.78. The average molecular weight is 331 g/mol. The molecule has 0 atom stereocenters. The molecule has 1 heterocycles. The first kappa shape index (κ1) is 17.3. The van der Waals surface area contributed by atoms with Crippen molar-refractivity contribution in [2.45, 2.75) is 19.8 Å². The van der Waals surface area contributed by atoms with Crippen LogP contribution >= 0.6 is 11.3 Å². The van der Waals surface area contributed by atoms with Crippen LogP contribution in [0.2, 0.25) is 0 Å². The Morgan fingerprint density at radius 1 is 1.13 bits per heavy atom. The highest BCUT2D eigenvalue weighted by molar-refractivity contribution is 7.09. The summed E-state index contributed by atoms with van der Waals surface area (Å²) in [7, 11) is 1.71. The lowest BCUT2D eigenvalue weighted by molar-refractivity contribution is 0.409. The molecule has 0 spiro atoms. The van der Waals surface area contributed by atoms with Crippen molar-refractivity contribution in [3.63, 3.8) is 0 Å². The minimum absolute atomic E-state index is 0.796. The number of aliphatic imine (C=N–C) groups is 1. The van der Waals surface area contributed by atoms with E-state index in [1.165, 1.54) is 10.4 Å². The molecule has 0 fully saturated rings. The van der Waals surface area contributed by atoms with Gasteiger partial charge in [0.25, 0.3) is 0 Å². The lowest BCUT2D eigenvalue weighted by atomic mass is 10.1. The molecule has 1 aromatic carbocycles. The second-order valence-electron chi connectivity index (χ2n) is 5.08. The molecule has 124 valence electrons. The van der Waals surface area contributed by atoms with Crippen LogP contribution in [0.3, 0.4) is 0 Å². The van der Waals surface area contributed by atoms with Crippen molar-refractivity contribution in [1.29, 1.82) is 0 Å². The zero-order valence-electron chi connectivity index (χ0n) is 13.8. The fourth-order valence-electron chi connectivity index (χ4n) is 2.30. The summed E-state index contributed by atoms with van der Waals surface area (Å²) in [5.41, 5.74) is 1.21. The molecule has 1 aromatic heterocycles. The van der Waals surface area contributed by atoms with Gasteiger partial charge in [0.2, 0.25) is 0 Å². The predicted octanol–water partition coefficient (Wildman–Crippen LogP) is 3.10. The van der Waals surface area contributed by atoms with Crippen LogP contribution in [-0.2, 0) is 12.8 Å². The summed E-state index contributed by atoms with van der Waals surface area (Å²) in [5.74, 6) is 1.81. The number of hydrogen-bond acceptors (Lipinski definition) is 3. The largest absolute Gasteiger partial charge is 0.496 e. The zero-order valence-corrected chi connectivity index (χ0v) is 14.7. The number of methoxy groups -OCH3 is 1. The number of para-hydroxylation sites is 1. The van der Waals surface area contributed by atoms with Crippen LogP contribution in [0.4, 0.5) is 0 Å². The Balaban J connectivity index is 1.81. The normalized spacial score (nSPS) is 11.3. The number of rotatable bonds is 8. The molecule has 5 heteroatoms. The molecule has 0 aliphatic carbocycles. The molecule has 4 nitrogen and oxygen atoms in total. The van der Waals surface area contributed by atoms with Gasteiger partial charge in [0.15, 0.2) is 5.96 Å². The molecule has 0 bridgehead atoms. The third-order valence-electron chi connectivity index (χ3n) is 3.43. The van der Waals surface area contributed by atoms with Crippen molar-refractivity contribution in [2.24, 2.45) is 4.99 Å². The molecular formula is C18H25N3OS. The summed E-state index contributed by atoms with van der Waals surface area (Å²) in [6.45, 7) is 4.56. The maximum Gasteiger partial charge on any atom is 0.191 e. The summed E-state index contributed by atoms with van der Waals surface area (Å²) >= 11 is 1.78. The van der Waals surface area contributed by atoms with E-state index in [1.54, 1.807) is 18.4 Å². The number of hydrogen-bond donors (Lipinski definition) is 2. The van der Waals surface area contributed by atoms with Gasteiger partial charge in [-0.05, 0) is 36.4 Å². The molecule has 0 radical (unpaired) electrons. The van der Waals surface area contributed by atoms with Crippen LogP contribution in [-0.4, -0.2) is 32.7 Å². The first-order valence-corrected chi connectivity index (χ1v) is 8.88. The van der Waals surface area contributed by atoms with Gasteiger partial charge in [-0.25, -0.2) is 0 Å². The second kappa shape index (κ2) is 9.90. The first-order valence-electron chi connectivity index (χ1n) is 8.00. The Morgan fingerprint density at radius 2 is 2.00 bits per heavy atom. The van der Waals surface area contributed by atoms with Crippen molar-refractivity contribution in [3.8, 4) is 5.75 Å². The lowest BCUT2D eigenvalue weighted by Crippen LogP contribution is -2.38. The smallest absolute Gasteiger partial charge is 0.191 e. The van der Waals surface area contributed by atoms with E-state index in [1.807, 2.05) is 18.2 Å². The highest BCUT2D eigenvalue weighted by Gasteiger charge is 2.02. The van der Waals surface area contributed by atoms with E-state index in [0.29, 0.717) is 0 Å². The van der Waals surface area contributed by atoms with Crippen molar-refractivity contribution in [3.05, 3.63) is 52.2 Å². The van der Waals surface area contributed by atoms with Gasteiger partial charge >= 0.3 is 0 Å². The third-order valence-corrected chi connectivity index (χ3v) is 4.37. The highest BCUT2D eigenvalue weighted by Crippen LogP contribution is 2.17. The number of benzene rings is 1. The van der Waals surface area contributed by atoms with Crippen LogP contribution in [0, 0.1) is 0 Å². The Kier molecular flexibility index (Phi) is 7.46. The number of nitrogens with zero attached hydrogens (tertiary/aromatic N) is 1. The maximum absolute atomic E-state index is 5.38. The van der Waals surface area contributed by atoms with Crippen LogP contribution in [0.1, 0.15) is 17.4 Å². The molecule has 2 aromatic rings. The topological polar surface area (TPSA) is 45.7 Å². The molecule has 2 N–H and O–H groups in total. The van der Waals surface area contributed by atoms with Gasteiger partial charge < -0.3 is 15.4 Å². The van der Waals surface area contributed by atoms with Gasteiger partial charge in [0.1, 0.15) is 5.75 Å². The van der Waals surface area contributed by atoms with Crippen molar-refractivity contribution >= 4 is 17.3 Å². The van der Waals surface area contributed by atoms with E-state index in [4.69, 9.17) is 4.74 Å². The number of ether oxygens (including phenoxy) is 1. The fourth-order valence-corrected chi connectivity index (χ4v) is 3.00. The Labute approximate surface area is 142 Å². The average Bonchev–Trinajstić information content (AvgIpc) is 3.08. The van der Waals surface area contributed by atoms with Gasteiger partial charge in [-0.2, -0.15) is 0 Å². The van der Waals surface area contributed by atoms with Gasteiger partial charge in [-0.1, -0.05) is 24.3 Å². The van der Waals surface area contributed by atoms with E-state index < -0.39 is 0 Å². The molecule has 0 aliphatic heterocycles. The number of nitrogens with one attached hydrogen (secondary N) is 2. The number of thiophene rings is 1. The molecule has 23 heavy (non-hydrogen) atoms. The molecule has 0 aliphatic rings.